The van der Waals surface area contributed by atoms with Gasteiger partial charge in [0, 0.05) is 50.3 Å². The molecule has 34 valence electrons. The molecule has 0 nitrogen and oxygen atoms in total. The smallest absolute Gasteiger partial charge is 1.00 e. The van der Waals surface area contributed by atoms with Crippen LogP contribution in [0.4, 0.5) is 0 Å². The zero-order chi connectivity index (χ0) is 0. The third-order valence-electron chi connectivity index (χ3n) is 0. The first-order valence-corrected chi connectivity index (χ1v) is 0. The first-order chi connectivity index (χ1) is 0. The molecule has 0 fully saturated rings. The van der Waals surface area contributed by atoms with Crippen molar-refractivity contribution in [3.05, 3.63) is 0 Å². The van der Waals surface area contributed by atoms with Gasteiger partial charge < -0.3 is 5.71 Å². The Labute approximate surface area is 125 Å². The summed E-state index contributed by atoms with van der Waals surface area (Å²) in [6.45, 7) is 0. The van der Waals surface area contributed by atoms with E-state index < -0.39 is 0 Å². The van der Waals surface area contributed by atoms with E-state index in [9.17, 15) is 0 Å². The van der Waals surface area contributed by atoms with E-state index in [-0.39, 0.29) is 128 Å². The molecule has 0 aliphatic carbocycles. The molecule has 6 heavy (non-hydrogen) atoms. The van der Waals surface area contributed by atoms with Gasteiger partial charge in [-0.2, -0.15) is 0 Å². The number of hydrogen-bond donors (Lipinski definition) is 0. The first-order valence-electron chi connectivity index (χ1n) is 0. The summed E-state index contributed by atoms with van der Waals surface area (Å²) < 4.78 is 0. The Bertz CT molecular complexity index is 25.2. The van der Waals surface area contributed by atoms with E-state index in [1.807, 2.05) is 0 Å². The van der Waals surface area contributed by atoms with Crippen molar-refractivity contribution in [2.45, 2.75) is 0 Å². The van der Waals surface area contributed by atoms with Gasteiger partial charge in [0.05, 0.1) is 0 Å². The van der Waals surface area contributed by atoms with Gasteiger partial charge in [-0.3, -0.25) is 0 Å². The number of hydrogen-bond acceptors (Lipinski definition) is 0. The van der Waals surface area contributed by atoms with Crippen LogP contribution < -0.4 is 48.4 Å². The second-order valence-electron chi connectivity index (χ2n) is 0. The molecule has 0 aromatic carbocycles. The summed E-state index contributed by atoms with van der Waals surface area (Å²) in [5.41, 5.74) is 0. The van der Waals surface area contributed by atoms with Gasteiger partial charge in [-0.25, -0.2) is 0 Å². The second kappa shape index (κ2) is 36.6. The Hall–Kier alpha value is 3.88. The van der Waals surface area contributed by atoms with E-state index >= 15 is 0 Å². The molecule has 0 heterocycles. The molecule has 2 radical (unpaired) electrons. The maximum atomic E-state index is 0. The molecule has 0 aromatic heterocycles. The minimum Gasteiger partial charge on any atom is -1.00 e. The summed E-state index contributed by atoms with van der Waals surface area (Å²) in [4.78, 5) is 0. The van der Waals surface area contributed by atoms with Crippen LogP contribution >= 0.6 is 0 Å². The van der Waals surface area contributed by atoms with E-state index in [0.717, 1.165) is 0 Å². The summed E-state index contributed by atoms with van der Waals surface area (Å²) in [6.07, 6.45) is 0. The molecule has 0 amide bonds. The van der Waals surface area contributed by atoms with Gasteiger partial charge in [0.15, 0.2) is 0 Å². The van der Waals surface area contributed by atoms with Gasteiger partial charge >= 0.3 is 71.5 Å². The van der Waals surface area contributed by atoms with Crippen LogP contribution in [0.2, 0.25) is 0 Å². The predicted molar refractivity (Wildman–Crippen MR) is 10.2 cm³/mol. The molecule has 0 aromatic rings. The molecule has 0 saturated heterocycles. The van der Waals surface area contributed by atoms with Crippen molar-refractivity contribution < 1.29 is 104 Å². The SMILES string of the molecule is [Co].[H-].[H-].[H-].[H-].[Li+].[Mg+2].[Mn].[Na+].[Ni]. The van der Waals surface area contributed by atoms with Crippen molar-refractivity contribution in [3.8, 4) is 0 Å². The Morgan fingerprint density at radius 3 is 1.17 bits per heavy atom. The van der Waals surface area contributed by atoms with Crippen molar-refractivity contribution in [3.63, 3.8) is 0 Å². The molecule has 6 heteroatoms. The van der Waals surface area contributed by atoms with Crippen LogP contribution in [0.3, 0.4) is 0 Å². The van der Waals surface area contributed by atoms with Crippen LogP contribution in [0.1, 0.15) is 5.71 Å². The van der Waals surface area contributed by atoms with Gasteiger partial charge in [0.2, 0.25) is 0 Å². The van der Waals surface area contributed by atoms with Gasteiger partial charge in [0.25, 0.3) is 0 Å². The maximum Gasteiger partial charge on any atom is 2.00 e. The van der Waals surface area contributed by atoms with Gasteiger partial charge in [-0.05, 0) is 0 Å². The van der Waals surface area contributed by atoms with Gasteiger partial charge in [0.1, 0.15) is 0 Å². The fourth-order valence-corrected chi connectivity index (χ4v) is 0. The van der Waals surface area contributed by atoms with Crippen LogP contribution in [-0.2, 0) is 50.3 Å². The van der Waals surface area contributed by atoms with Crippen molar-refractivity contribution >= 4 is 23.1 Å². The number of rotatable bonds is 0. The van der Waals surface area contributed by atoms with Gasteiger partial charge in [-0.1, -0.05) is 0 Å². The summed E-state index contributed by atoms with van der Waals surface area (Å²) in [5.74, 6) is 0. The van der Waals surface area contributed by atoms with Crippen molar-refractivity contribution in [2.24, 2.45) is 0 Å². The second-order valence-corrected chi connectivity index (χ2v) is 0. The summed E-state index contributed by atoms with van der Waals surface area (Å²) in [6, 6.07) is 0. The molecule has 0 N–H and O–H groups in total. The zero-order valence-corrected chi connectivity index (χ0v) is 10.4. The largest absolute Gasteiger partial charge is 2.00 e. The Kier molecular flexibility index (Phi) is 316. The predicted octanol–water partition coefficient (Wildman–Crippen LogP) is -5.93. The zero-order valence-electron chi connectivity index (χ0n) is 7.73. The molecular weight excluding hydrogens is 227 g/mol. The summed E-state index contributed by atoms with van der Waals surface area (Å²) >= 11 is 0. The third-order valence-corrected chi connectivity index (χ3v) is 0. The molecule has 0 unspecified atom stereocenters. The van der Waals surface area contributed by atoms with Crippen molar-refractivity contribution in [1.29, 1.82) is 0 Å². The average Bonchev–Trinajstić information content (AvgIpc) is 0. The van der Waals surface area contributed by atoms with E-state index in [2.05, 4.69) is 0 Å². The quantitative estimate of drug-likeness (QED) is 0.364. The van der Waals surface area contributed by atoms with Crippen LogP contribution in [0.25, 0.3) is 0 Å². The van der Waals surface area contributed by atoms with Crippen LogP contribution in [-0.4, -0.2) is 23.1 Å². The average molecular weight is 231 g/mol. The van der Waals surface area contributed by atoms with E-state index in [1.54, 1.807) is 0 Å². The van der Waals surface area contributed by atoms with Gasteiger partial charge in [-0.15, -0.1) is 0 Å². The Balaban J connectivity index is 0. The topological polar surface area (TPSA) is 0 Å². The molecule has 0 spiro atoms. The van der Waals surface area contributed by atoms with Crippen LogP contribution in [0.5, 0.6) is 0 Å². The minimum absolute atomic E-state index is 0. The minimum atomic E-state index is 0. The summed E-state index contributed by atoms with van der Waals surface area (Å²) in [7, 11) is 0. The maximum absolute atomic E-state index is 0. The van der Waals surface area contributed by atoms with E-state index in [0.29, 0.717) is 0 Å². The van der Waals surface area contributed by atoms with Crippen molar-refractivity contribution in [2.75, 3.05) is 0 Å². The normalized spacial score (nSPS) is 0. The summed E-state index contributed by atoms with van der Waals surface area (Å²) in [5, 5.41) is 0. The molecule has 0 aliphatic heterocycles. The molecule has 0 saturated carbocycles. The molecule has 0 rings (SSSR count). The monoisotopic (exact) mass is 230 g/mol. The molecule has 0 aliphatic rings. The van der Waals surface area contributed by atoms with Crippen LogP contribution in [0.15, 0.2) is 0 Å². The Morgan fingerprint density at radius 1 is 1.17 bits per heavy atom. The van der Waals surface area contributed by atoms with Crippen LogP contribution in [0, 0.1) is 0 Å². The molecule has 0 atom stereocenters. The van der Waals surface area contributed by atoms with E-state index in [4.69, 9.17) is 0 Å². The molecule has 0 bridgehead atoms. The van der Waals surface area contributed by atoms with Crippen molar-refractivity contribution in [1.82, 2.24) is 0 Å². The van der Waals surface area contributed by atoms with E-state index in [1.165, 1.54) is 0 Å². The fourth-order valence-electron chi connectivity index (χ4n) is 0. The standard InChI is InChI=1S/Co.Li.Mg.Mn.Na.Ni.4H/q;+1;+2;;+1;;4*-1. The third kappa shape index (κ3) is 24.8. The Morgan fingerprint density at radius 2 is 1.17 bits per heavy atom. The molecular formula is H4CoLiMgMnNaNi. The fraction of sp³-hybridized carbons (Fsp3) is 0. The first kappa shape index (κ1) is 51.7.